The summed E-state index contributed by atoms with van der Waals surface area (Å²) < 4.78 is 37.5. The van der Waals surface area contributed by atoms with Gasteiger partial charge in [-0.25, -0.2) is 28.7 Å². The van der Waals surface area contributed by atoms with Gasteiger partial charge in [-0.1, -0.05) is 0 Å². The molecule has 0 radical (unpaired) electrons. The molecule has 1 atom stereocenters. The molecule has 4 aromatic rings. The van der Waals surface area contributed by atoms with Gasteiger partial charge in [0.1, 0.15) is 28.9 Å². The molecule has 1 aliphatic heterocycles. The summed E-state index contributed by atoms with van der Waals surface area (Å²) in [5, 5.41) is 4.47. The molecule has 6 rings (SSSR count). The van der Waals surface area contributed by atoms with Crippen molar-refractivity contribution >= 4 is 16.7 Å². The van der Waals surface area contributed by atoms with Gasteiger partial charge in [0.2, 0.25) is 0 Å². The highest BCUT2D eigenvalue weighted by Crippen LogP contribution is 2.37. The third kappa shape index (κ3) is 3.99. The lowest BCUT2D eigenvalue weighted by Gasteiger charge is -2.21. The van der Waals surface area contributed by atoms with E-state index in [9.17, 15) is 4.39 Å². The normalized spacial score (nSPS) is 18.2. The van der Waals surface area contributed by atoms with Crippen LogP contribution in [0.15, 0.2) is 30.6 Å². The number of ether oxygens (including phenoxy) is 1. The predicted molar refractivity (Wildman–Crippen MR) is 126 cm³/mol. The van der Waals surface area contributed by atoms with E-state index >= 15 is 4.39 Å². The molecule has 1 saturated carbocycles. The molecule has 0 N–H and O–H groups in total. The Morgan fingerprint density at radius 1 is 0.971 bits per heavy atom. The highest BCUT2D eigenvalue weighted by atomic mass is 19.1. The van der Waals surface area contributed by atoms with Crippen LogP contribution in [0.1, 0.15) is 59.7 Å². The van der Waals surface area contributed by atoms with Crippen LogP contribution >= 0.6 is 0 Å². The van der Waals surface area contributed by atoms with E-state index in [0.29, 0.717) is 41.8 Å². The molecular formula is C26H24F2N6O. The van der Waals surface area contributed by atoms with Gasteiger partial charge in [-0.3, -0.25) is 4.68 Å². The smallest absolute Gasteiger partial charge is 0.182 e. The molecule has 9 heteroatoms. The quantitative estimate of drug-likeness (QED) is 0.396. The Bertz CT molecular complexity index is 1510. The Morgan fingerprint density at radius 3 is 2.57 bits per heavy atom. The van der Waals surface area contributed by atoms with Gasteiger partial charge in [0.25, 0.3) is 0 Å². The second kappa shape index (κ2) is 8.27. The summed E-state index contributed by atoms with van der Waals surface area (Å²) in [7, 11) is 0. The molecule has 1 aromatic carbocycles. The summed E-state index contributed by atoms with van der Waals surface area (Å²) in [6, 6.07) is 2.83. The third-order valence-electron chi connectivity index (χ3n) is 6.63. The van der Waals surface area contributed by atoms with Crippen LogP contribution in [0.4, 0.5) is 8.78 Å². The highest BCUT2D eigenvalue weighted by molar-refractivity contribution is 5.88. The van der Waals surface area contributed by atoms with E-state index in [1.807, 2.05) is 37.0 Å². The first-order chi connectivity index (χ1) is 16.9. The number of rotatable bonds is 4. The lowest BCUT2D eigenvalue weighted by atomic mass is 10.0. The van der Waals surface area contributed by atoms with Crippen molar-refractivity contribution in [2.75, 3.05) is 6.61 Å². The van der Waals surface area contributed by atoms with Gasteiger partial charge in [-0.2, -0.15) is 5.10 Å². The van der Waals surface area contributed by atoms with Crippen molar-refractivity contribution in [3.05, 3.63) is 70.6 Å². The fourth-order valence-electron chi connectivity index (χ4n) is 4.30. The van der Waals surface area contributed by atoms with Gasteiger partial charge >= 0.3 is 0 Å². The second-order valence-electron chi connectivity index (χ2n) is 9.26. The van der Waals surface area contributed by atoms with Gasteiger partial charge < -0.3 is 4.74 Å². The summed E-state index contributed by atoms with van der Waals surface area (Å²) in [6.07, 6.45) is 8.43. The first-order valence-electron chi connectivity index (χ1n) is 11.7. The maximum Gasteiger partial charge on any atom is 0.182 e. The second-order valence-corrected chi connectivity index (χ2v) is 9.26. The summed E-state index contributed by atoms with van der Waals surface area (Å²) in [6.45, 7) is 5.67. The molecule has 35 heavy (non-hydrogen) atoms. The minimum Gasteiger partial charge on any atom is -0.369 e. The van der Waals surface area contributed by atoms with Crippen molar-refractivity contribution < 1.29 is 13.5 Å². The summed E-state index contributed by atoms with van der Waals surface area (Å²) >= 11 is 0. The van der Waals surface area contributed by atoms with Crippen LogP contribution < -0.4 is 0 Å². The number of hydrogen-bond donors (Lipinski definition) is 0. The van der Waals surface area contributed by atoms with Crippen molar-refractivity contribution in [3.8, 4) is 11.3 Å². The summed E-state index contributed by atoms with van der Waals surface area (Å²) in [5.41, 5.74) is 4.40. The largest absolute Gasteiger partial charge is 0.369 e. The predicted octanol–water partition coefficient (Wildman–Crippen LogP) is 5.37. The van der Waals surface area contributed by atoms with E-state index in [0.717, 1.165) is 29.7 Å². The molecule has 3 aromatic heterocycles. The number of nitrogens with zero attached hydrogens (tertiary/aromatic N) is 6. The zero-order valence-corrected chi connectivity index (χ0v) is 19.7. The van der Waals surface area contributed by atoms with Gasteiger partial charge in [-0.05, 0) is 69.4 Å². The number of hydrogen-bond acceptors (Lipinski definition) is 6. The van der Waals surface area contributed by atoms with Gasteiger partial charge in [0.05, 0.1) is 30.2 Å². The molecule has 4 heterocycles. The lowest BCUT2D eigenvalue weighted by Crippen LogP contribution is -2.12. The summed E-state index contributed by atoms with van der Waals surface area (Å²) in [4.78, 5) is 18.6. The highest BCUT2D eigenvalue weighted by Gasteiger charge is 2.27. The van der Waals surface area contributed by atoms with E-state index in [1.165, 1.54) is 19.1 Å². The van der Waals surface area contributed by atoms with Crippen molar-refractivity contribution in [3.63, 3.8) is 0 Å². The monoisotopic (exact) mass is 474 g/mol. The third-order valence-corrected chi connectivity index (χ3v) is 6.63. The maximum atomic E-state index is 15.0. The fourth-order valence-corrected chi connectivity index (χ4v) is 4.30. The minimum absolute atomic E-state index is 0.0363. The molecule has 178 valence electrons. The Labute approximate surface area is 200 Å². The van der Waals surface area contributed by atoms with Crippen molar-refractivity contribution in [2.45, 2.75) is 52.2 Å². The van der Waals surface area contributed by atoms with Crippen molar-refractivity contribution in [1.29, 1.82) is 0 Å². The molecule has 0 unspecified atom stereocenters. The molecule has 0 amide bonds. The Hall–Kier alpha value is -3.59. The molecule has 7 nitrogen and oxygen atoms in total. The summed E-state index contributed by atoms with van der Waals surface area (Å²) in [5.74, 6) is -0.668. The number of benzene rings is 1. The Kier molecular flexibility index (Phi) is 5.17. The minimum atomic E-state index is -0.568. The Morgan fingerprint density at radius 2 is 1.77 bits per heavy atom. The first-order valence-corrected chi connectivity index (χ1v) is 11.7. The van der Waals surface area contributed by atoms with Crippen LogP contribution in [0.2, 0.25) is 0 Å². The van der Waals surface area contributed by atoms with Crippen LogP contribution in [-0.4, -0.2) is 36.3 Å². The zero-order valence-electron chi connectivity index (χ0n) is 19.7. The molecule has 2 aliphatic rings. The van der Waals surface area contributed by atoms with Crippen LogP contribution in [-0.2, 0) is 4.74 Å². The number of halogens is 2. The van der Waals surface area contributed by atoms with Gasteiger partial charge in [0.15, 0.2) is 11.5 Å². The van der Waals surface area contributed by atoms with E-state index in [1.54, 1.807) is 0 Å². The fraction of sp³-hybridized carbons (Fsp3) is 0.346. The SMILES string of the molecule is Cc1cc(F)c(-c2nc(C3=C[C@H](c4cnn(C5CC5)c4)OCC3)nc3nc(C)c(C)nc23)cc1F. The van der Waals surface area contributed by atoms with Crippen molar-refractivity contribution in [1.82, 2.24) is 29.7 Å². The van der Waals surface area contributed by atoms with Crippen LogP contribution in [0.3, 0.4) is 0 Å². The standard InChI is InChI=1S/C26H24F2N6O/c1-13-8-21(28)19(10-20(13)27)23-24-26(31-15(3)14(2)30-24)33-25(32-23)16-6-7-35-22(9-16)17-11-29-34(12-17)18-4-5-18/h8-12,18,22H,4-7H2,1-3H3/t22-/m1/s1. The number of aryl methyl sites for hydroxylation is 3. The molecule has 1 aliphatic carbocycles. The van der Waals surface area contributed by atoms with Crippen molar-refractivity contribution in [2.24, 2.45) is 0 Å². The number of fused-ring (bicyclic) bond motifs is 1. The van der Waals surface area contributed by atoms with Crippen LogP contribution in [0.25, 0.3) is 28.0 Å². The van der Waals surface area contributed by atoms with Gasteiger partial charge in [-0.15, -0.1) is 0 Å². The average molecular weight is 475 g/mol. The molecule has 0 spiro atoms. The first kappa shape index (κ1) is 21.9. The maximum absolute atomic E-state index is 15.0. The molecule has 0 bridgehead atoms. The molecular weight excluding hydrogens is 450 g/mol. The van der Waals surface area contributed by atoms with E-state index in [-0.39, 0.29) is 22.9 Å². The molecule has 1 fully saturated rings. The van der Waals surface area contributed by atoms with Crippen LogP contribution in [0, 0.1) is 32.4 Å². The number of aromatic nitrogens is 6. The van der Waals surface area contributed by atoms with E-state index < -0.39 is 11.6 Å². The average Bonchev–Trinajstić information content (AvgIpc) is 3.58. The lowest BCUT2D eigenvalue weighted by molar-refractivity contribution is 0.0825. The molecule has 0 saturated heterocycles. The van der Waals surface area contributed by atoms with Crippen LogP contribution in [0.5, 0.6) is 0 Å². The Balaban J connectivity index is 1.49. The van der Waals surface area contributed by atoms with Gasteiger partial charge in [0, 0.05) is 17.3 Å². The zero-order chi connectivity index (χ0) is 24.3. The topological polar surface area (TPSA) is 78.6 Å². The van der Waals surface area contributed by atoms with E-state index in [4.69, 9.17) is 9.72 Å². The van der Waals surface area contributed by atoms with E-state index in [2.05, 4.69) is 20.1 Å².